The molecule has 1 heterocycles. The summed E-state index contributed by atoms with van der Waals surface area (Å²) in [6.45, 7) is 2.16. The lowest BCUT2D eigenvalue weighted by molar-refractivity contribution is 0.206. The fourth-order valence-electron chi connectivity index (χ4n) is 2.22. The summed E-state index contributed by atoms with van der Waals surface area (Å²) >= 11 is 0. The van der Waals surface area contributed by atoms with Crippen LogP contribution in [0.5, 0.6) is 0 Å². The molecule has 3 atom stereocenters. The minimum atomic E-state index is -3.18. The number of rotatable bonds is 8. The van der Waals surface area contributed by atoms with Crippen LogP contribution in [0.2, 0.25) is 0 Å². The molecule has 0 aliphatic carbocycles. The van der Waals surface area contributed by atoms with Crippen LogP contribution < -0.4 is 0 Å². The van der Waals surface area contributed by atoms with Gasteiger partial charge in [-0.3, -0.25) is 4.21 Å². The van der Waals surface area contributed by atoms with Gasteiger partial charge in [0.05, 0.1) is 22.9 Å². The van der Waals surface area contributed by atoms with Gasteiger partial charge in [0.1, 0.15) is 0 Å². The normalized spacial score (nSPS) is 28.3. The molecule has 18 heavy (non-hydrogen) atoms. The average molecular weight is 296 g/mol. The molecule has 4 nitrogen and oxygen atoms in total. The molecule has 1 aliphatic rings. The predicted molar refractivity (Wildman–Crippen MR) is 74.8 cm³/mol. The third kappa shape index (κ3) is 5.36. The van der Waals surface area contributed by atoms with Gasteiger partial charge in [0, 0.05) is 16.6 Å². The minimum Gasteiger partial charge on any atom is -0.391 e. The summed E-state index contributed by atoms with van der Waals surface area (Å²) in [5.74, 6) is 0.180. The molecule has 1 fully saturated rings. The van der Waals surface area contributed by atoms with Gasteiger partial charge < -0.3 is 5.11 Å². The van der Waals surface area contributed by atoms with Crippen molar-refractivity contribution in [3.8, 4) is 0 Å². The van der Waals surface area contributed by atoms with Gasteiger partial charge in [0.2, 0.25) is 0 Å². The molecule has 0 aromatic carbocycles. The first kappa shape index (κ1) is 16.1. The largest absolute Gasteiger partial charge is 0.391 e. The number of hydrogen-bond acceptors (Lipinski definition) is 4. The van der Waals surface area contributed by atoms with Gasteiger partial charge in [-0.1, -0.05) is 39.0 Å². The number of unbranched alkanes of at least 4 members (excludes halogenated alkanes) is 5. The van der Waals surface area contributed by atoms with Gasteiger partial charge in [0.25, 0.3) is 0 Å². The highest BCUT2D eigenvalue weighted by Gasteiger charge is 2.39. The fourth-order valence-corrected chi connectivity index (χ4v) is 6.42. The van der Waals surface area contributed by atoms with E-state index in [0.717, 1.165) is 19.3 Å². The Hall–Kier alpha value is 0.0600. The van der Waals surface area contributed by atoms with E-state index in [1.165, 1.54) is 19.3 Å². The lowest BCUT2D eigenvalue weighted by atomic mass is 10.1. The zero-order valence-corrected chi connectivity index (χ0v) is 12.6. The highest BCUT2D eigenvalue weighted by molar-refractivity contribution is 7.94. The summed E-state index contributed by atoms with van der Waals surface area (Å²) in [6, 6.07) is 0. The Bertz CT molecular complexity index is 364. The van der Waals surface area contributed by atoms with Crippen LogP contribution in [-0.2, 0) is 20.6 Å². The third-order valence-corrected chi connectivity index (χ3v) is 7.08. The van der Waals surface area contributed by atoms with E-state index in [-0.39, 0.29) is 11.5 Å². The Kier molecular flexibility index (Phi) is 6.81. The van der Waals surface area contributed by atoms with E-state index < -0.39 is 32.0 Å². The highest BCUT2D eigenvalue weighted by atomic mass is 32.2. The van der Waals surface area contributed by atoms with Crippen molar-refractivity contribution in [2.45, 2.75) is 56.8 Å². The van der Waals surface area contributed by atoms with Gasteiger partial charge in [-0.15, -0.1) is 0 Å². The second-order valence-electron chi connectivity index (χ2n) is 5.04. The van der Waals surface area contributed by atoms with E-state index in [9.17, 15) is 17.7 Å². The van der Waals surface area contributed by atoms with E-state index in [2.05, 4.69) is 6.92 Å². The maximum Gasteiger partial charge on any atom is 0.154 e. The first-order valence-electron chi connectivity index (χ1n) is 6.72. The number of aliphatic hydroxyl groups excluding tert-OH is 1. The van der Waals surface area contributed by atoms with Crippen molar-refractivity contribution >= 4 is 20.6 Å². The monoisotopic (exact) mass is 296 g/mol. The van der Waals surface area contributed by atoms with Crippen LogP contribution in [0.1, 0.15) is 45.4 Å². The summed E-state index contributed by atoms with van der Waals surface area (Å²) in [6.07, 6.45) is 5.78. The zero-order valence-electron chi connectivity index (χ0n) is 11.0. The topological polar surface area (TPSA) is 71.4 Å². The standard InChI is InChI=1S/C12H24O4S2/c1-2-3-4-5-6-7-8-17(14)12-10-18(15,16)9-11(12)13/h11-13H,2-10H2,1H3/t11-,12-,17+/m1/s1. The zero-order chi connectivity index (χ0) is 13.6. The van der Waals surface area contributed by atoms with Crippen LogP contribution in [0.3, 0.4) is 0 Å². The lowest BCUT2D eigenvalue weighted by Crippen LogP contribution is -2.30. The fraction of sp³-hybridized carbons (Fsp3) is 1.00. The third-order valence-electron chi connectivity index (χ3n) is 3.31. The summed E-state index contributed by atoms with van der Waals surface area (Å²) < 4.78 is 34.5. The molecule has 1 aliphatic heterocycles. The number of sulfone groups is 1. The van der Waals surface area contributed by atoms with Gasteiger partial charge >= 0.3 is 0 Å². The summed E-state index contributed by atoms with van der Waals surface area (Å²) in [4.78, 5) is 0. The first-order valence-corrected chi connectivity index (χ1v) is 9.92. The second-order valence-corrected chi connectivity index (χ2v) is 8.96. The molecule has 6 heteroatoms. The van der Waals surface area contributed by atoms with Crippen LogP contribution >= 0.6 is 0 Å². The van der Waals surface area contributed by atoms with Crippen molar-refractivity contribution in [2.75, 3.05) is 17.3 Å². The summed E-state index contributed by atoms with van der Waals surface area (Å²) in [5.41, 5.74) is 0. The molecular weight excluding hydrogens is 272 g/mol. The van der Waals surface area contributed by atoms with Crippen LogP contribution in [-0.4, -0.2) is 46.3 Å². The number of hydrogen-bond donors (Lipinski definition) is 1. The highest BCUT2D eigenvalue weighted by Crippen LogP contribution is 2.19. The summed E-state index contributed by atoms with van der Waals surface area (Å²) in [5, 5.41) is 9.03. The van der Waals surface area contributed by atoms with Crippen molar-refractivity contribution in [1.82, 2.24) is 0 Å². The van der Waals surface area contributed by atoms with E-state index in [4.69, 9.17) is 0 Å². The lowest BCUT2D eigenvalue weighted by Gasteiger charge is -2.12. The van der Waals surface area contributed by atoms with Crippen LogP contribution in [0.25, 0.3) is 0 Å². The molecule has 1 rings (SSSR count). The Morgan fingerprint density at radius 3 is 2.28 bits per heavy atom. The Morgan fingerprint density at radius 1 is 1.11 bits per heavy atom. The molecule has 0 aromatic rings. The van der Waals surface area contributed by atoms with E-state index in [0.29, 0.717) is 5.75 Å². The van der Waals surface area contributed by atoms with E-state index in [1.54, 1.807) is 0 Å². The Morgan fingerprint density at radius 2 is 1.72 bits per heavy atom. The predicted octanol–water partition coefficient (Wildman–Crippen LogP) is 1.25. The molecular formula is C12H24O4S2. The van der Waals surface area contributed by atoms with Crippen LogP contribution in [0, 0.1) is 0 Å². The second kappa shape index (κ2) is 7.60. The molecule has 0 spiro atoms. The van der Waals surface area contributed by atoms with Gasteiger partial charge in [-0.05, 0) is 6.42 Å². The average Bonchev–Trinajstić information content (AvgIpc) is 2.57. The molecule has 0 unspecified atom stereocenters. The first-order chi connectivity index (χ1) is 8.46. The molecule has 1 saturated heterocycles. The molecule has 108 valence electrons. The van der Waals surface area contributed by atoms with Gasteiger partial charge in [0.15, 0.2) is 9.84 Å². The molecule has 0 bridgehead atoms. The Balaban J connectivity index is 2.21. The van der Waals surface area contributed by atoms with Crippen LogP contribution in [0.15, 0.2) is 0 Å². The Labute approximate surface area is 113 Å². The minimum absolute atomic E-state index is 0.114. The molecule has 0 aromatic heterocycles. The van der Waals surface area contributed by atoms with Crippen LogP contribution in [0.4, 0.5) is 0 Å². The van der Waals surface area contributed by atoms with Gasteiger partial charge in [-0.25, -0.2) is 8.42 Å². The number of aliphatic hydroxyl groups is 1. The maximum atomic E-state index is 11.9. The van der Waals surface area contributed by atoms with Crippen molar-refractivity contribution < 1.29 is 17.7 Å². The molecule has 0 radical (unpaired) electrons. The van der Waals surface area contributed by atoms with E-state index >= 15 is 0 Å². The van der Waals surface area contributed by atoms with Gasteiger partial charge in [-0.2, -0.15) is 0 Å². The summed E-state index contributed by atoms with van der Waals surface area (Å²) in [7, 11) is -4.38. The van der Waals surface area contributed by atoms with Crippen molar-refractivity contribution in [1.29, 1.82) is 0 Å². The quantitative estimate of drug-likeness (QED) is 0.684. The van der Waals surface area contributed by atoms with Crippen molar-refractivity contribution in [2.24, 2.45) is 0 Å². The smallest absolute Gasteiger partial charge is 0.154 e. The molecule has 0 amide bonds. The SMILES string of the molecule is CCCCCCCC[S@](=O)[C@@H]1CS(=O)(=O)C[C@H]1O. The van der Waals surface area contributed by atoms with Crippen molar-refractivity contribution in [3.05, 3.63) is 0 Å². The van der Waals surface area contributed by atoms with E-state index in [1.807, 2.05) is 0 Å². The molecule has 1 N–H and O–H groups in total. The van der Waals surface area contributed by atoms with Crippen molar-refractivity contribution in [3.63, 3.8) is 0 Å². The molecule has 0 saturated carbocycles. The maximum absolute atomic E-state index is 11.9.